The largest absolute Gasteiger partial charge is 0.383 e. The van der Waals surface area contributed by atoms with E-state index in [1.807, 2.05) is 24.1 Å². The fourth-order valence-corrected chi connectivity index (χ4v) is 6.21. The number of nitrogens with two attached hydrogens (primary N) is 1. The van der Waals surface area contributed by atoms with Crippen LogP contribution in [0.4, 0.5) is 5.82 Å². The van der Waals surface area contributed by atoms with Gasteiger partial charge < -0.3 is 16.0 Å². The lowest BCUT2D eigenvalue weighted by Crippen LogP contribution is -2.48. The maximum Gasteiger partial charge on any atom is 0.245 e. The number of nitrogen functional groups attached to an aromatic ring is 1. The summed E-state index contributed by atoms with van der Waals surface area (Å²) in [6, 6.07) is 15.4. The predicted molar refractivity (Wildman–Crippen MR) is 164 cm³/mol. The molecule has 2 atom stereocenters. The van der Waals surface area contributed by atoms with E-state index in [2.05, 4.69) is 58.7 Å². The molecule has 1 amide bonds. The minimum absolute atomic E-state index is 0.0569. The van der Waals surface area contributed by atoms with Crippen LogP contribution in [0, 0.1) is 5.92 Å². The van der Waals surface area contributed by atoms with Crippen LogP contribution in [0.3, 0.4) is 0 Å². The average Bonchev–Trinajstić information content (AvgIpc) is 3.62. The number of aryl methyl sites for hydroxylation is 2. The lowest BCUT2D eigenvalue weighted by Gasteiger charge is -2.36. The summed E-state index contributed by atoms with van der Waals surface area (Å²) in [6.07, 6.45) is 10.2. The minimum Gasteiger partial charge on any atom is -0.383 e. The number of pyridine rings is 2. The normalized spacial score (nSPS) is 19.9. The molecule has 7 rings (SSSR count). The number of anilines is 1. The quantitative estimate of drug-likeness (QED) is 0.338. The lowest BCUT2D eigenvalue weighted by atomic mass is 9.94. The number of hydrogen-bond acceptors (Lipinski definition) is 6. The van der Waals surface area contributed by atoms with Crippen LogP contribution in [-0.4, -0.2) is 56.5 Å². The van der Waals surface area contributed by atoms with Gasteiger partial charge in [-0.1, -0.05) is 19.6 Å². The first kappa shape index (κ1) is 27.1. The van der Waals surface area contributed by atoms with E-state index in [-0.39, 0.29) is 5.91 Å². The molecule has 2 aliphatic carbocycles. The highest BCUT2D eigenvalue weighted by Gasteiger charge is 2.27. The summed E-state index contributed by atoms with van der Waals surface area (Å²) in [6.45, 7) is 7.36. The number of aromatic nitrogens is 4. The Balaban J connectivity index is 0.000000197. The third-order valence-corrected chi connectivity index (χ3v) is 8.70. The van der Waals surface area contributed by atoms with Crippen LogP contribution in [0.2, 0.25) is 0 Å². The van der Waals surface area contributed by atoms with Crippen molar-refractivity contribution in [1.82, 2.24) is 29.7 Å². The summed E-state index contributed by atoms with van der Waals surface area (Å²) >= 11 is 0. The number of piperidine rings is 1. The van der Waals surface area contributed by atoms with E-state index in [9.17, 15) is 4.79 Å². The van der Waals surface area contributed by atoms with Gasteiger partial charge >= 0.3 is 0 Å². The summed E-state index contributed by atoms with van der Waals surface area (Å²) in [4.78, 5) is 27.4. The highest BCUT2D eigenvalue weighted by molar-refractivity contribution is 5.87. The van der Waals surface area contributed by atoms with Crippen molar-refractivity contribution in [2.75, 3.05) is 25.9 Å². The number of amides is 1. The number of rotatable bonds is 5. The van der Waals surface area contributed by atoms with Gasteiger partial charge in [0.2, 0.25) is 5.91 Å². The number of nitrogens with zero attached hydrogens (tertiary/aromatic N) is 5. The molecule has 1 saturated heterocycles. The number of nitrogens with one attached hydrogen (secondary N) is 1. The highest BCUT2D eigenvalue weighted by Crippen LogP contribution is 2.40. The van der Waals surface area contributed by atoms with Gasteiger partial charge in [-0.3, -0.25) is 9.36 Å². The Morgan fingerprint density at radius 2 is 1.93 bits per heavy atom. The van der Waals surface area contributed by atoms with Crippen LogP contribution in [0.1, 0.15) is 55.3 Å². The van der Waals surface area contributed by atoms with E-state index in [1.165, 1.54) is 48.6 Å². The van der Waals surface area contributed by atoms with Crippen molar-refractivity contribution in [1.29, 1.82) is 0 Å². The second kappa shape index (κ2) is 11.4. The van der Waals surface area contributed by atoms with Crippen molar-refractivity contribution in [2.45, 2.75) is 57.4 Å². The number of imidazole rings is 1. The third-order valence-electron chi connectivity index (χ3n) is 8.70. The van der Waals surface area contributed by atoms with E-state index < -0.39 is 0 Å². The number of likely N-dealkylation sites (tertiary alicyclic amines) is 1. The number of carbonyl (C=O) groups excluding carboxylic acids is 1. The number of hydrogen-bond donors (Lipinski definition) is 2. The van der Waals surface area contributed by atoms with Crippen LogP contribution in [0.25, 0.3) is 28.2 Å². The minimum atomic E-state index is 0.0569. The molecule has 4 aromatic rings. The van der Waals surface area contributed by atoms with E-state index >= 15 is 0 Å². The second-order valence-corrected chi connectivity index (χ2v) is 11.5. The highest BCUT2D eigenvalue weighted by atomic mass is 16.2. The van der Waals surface area contributed by atoms with Gasteiger partial charge in [0.05, 0.1) is 5.56 Å². The van der Waals surface area contributed by atoms with Crippen molar-refractivity contribution in [3.63, 3.8) is 0 Å². The van der Waals surface area contributed by atoms with E-state index in [0.717, 1.165) is 54.2 Å². The van der Waals surface area contributed by atoms with Crippen LogP contribution in [-0.2, 0) is 17.6 Å². The Labute approximate surface area is 241 Å². The van der Waals surface area contributed by atoms with Crippen LogP contribution >= 0.6 is 0 Å². The Bertz CT molecular complexity index is 1590. The number of fused-ring (bicyclic) bond motifs is 2. The van der Waals surface area contributed by atoms with Crippen LogP contribution < -0.4 is 11.1 Å². The zero-order valence-corrected chi connectivity index (χ0v) is 24.0. The molecule has 0 bridgehead atoms. The Kier molecular flexibility index (Phi) is 7.58. The second-order valence-electron chi connectivity index (χ2n) is 11.5. The molecule has 41 heavy (non-hydrogen) atoms. The summed E-state index contributed by atoms with van der Waals surface area (Å²) in [5, 5.41) is 3.27. The molecule has 8 nitrogen and oxygen atoms in total. The van der Waals surface area contributed by atoms with Gasteiger partial charge in [-0.05, 0) is 105 Å². The topological polar surface area (TPSA) is 102 Å². The summed E-state index contributed by atoms with van der Waals surface area (Å²) in [7, 11) is 1.98. The lowest BCUT2D eigenvalue weighted by molar-refractivity contribution is -0.127. The fourth-order valence-electron chi connectivity index (χ4n) is 6.21. The van der Waals surface area contributed by atoms with Crippen molar-refractivity contribution in [3.8, 4) is 17.1 Å². The van der Waals surface area contributed by atoms with Crippen LogP contribution in [0.5, 0.6) is 0 Å². The zero-order valence-electron chi connectivity index (χ0n) is 24.0. The summed E-state index contributed by atoms with van der Waals surface area (Å²) in [5.74, 6) is 2.48. The van der Waals surface area contributed by atoms with Crippen molar-refractivity contribution in [2.24, 2.45) is 5.92 Å². The molecule has 3 N–H and O–H groups in total. The van der Waals surface area contributed by atoms with Crippen LogP contribution in [0.15, 0.2) is 61.3 Å². The molecular formula is C33H39N7O. The SMILES string of the molecule is C=CC(=O)N1CCC(NC)C(C)C1.Nc1ncccc1-c1nc2ccc(C3CC3)nc2n1-c1ccc2c(c1)CCC2. The molecule has 8 heteroatoms. The van der Waals surface area contributed by atoms with Gasteiger partial charge in [-0.2, -0.15) is 0 Å². The summed E-state index contributed by atoms with van der Waals surface area (Å²) in [5.41, 5.74) is 14.0. The Morgan fingerprint density at radius 3 is 2.66 bits per heavy atom. The van der Waals surface area contributed by atoms with E-state index in [4.69, 9.17) is 15.7 Å². The Hall–Kier alpha value is -4.04. The first-order valence-electron chi connectivity index (χ1n) is 14.8. The molecule has 1 aromatic carbocycles. The zero-order chi connectivity index (χ0) is 28.5. The Morgan fingerprint density at radius 1 is 1.10 bits per heavy atom. The van der Waals surface area contributed by atoms with Gasteiger partial charge in [0, 0.05) is 42.6 Å². The number of carbonyl (C=O) groups is 1. The molecule has 2 fully saturated rings. The molecule has 0 radical (unpaired) electrons. The maximum atomic E-state index is 11.3. The standard InChI is InChI=1S/C23H21N5.C10H18N2O/c24-21-18(5-2-12-25-21)22-27-20-11-10-19(15-6-7-15)26-23(20)28(22)17-9-8-14-3-1-4-16(14)13-17;1-4-10(13)12-6-5-9(11-3)8(2)7-12/h2,5,8-13,15H,1,3-4,6-7H2,(H2,24,25);4,8-9,11H,1,5-7H2,2-3H3. The van der Waals surface area contributed by atoms with E-state index in [0.29, 0.717) is 23.7 Å². The predicted octanol–water partition coefficient (Wildman–Crippen LogP) is 5.06. The van der Waals surface area contributed by atoms with Gasteiger partial charge in [0.25, 0.3) is 0 Å². The van der Waals surface area contributed by atoms with Gasteiger partial charge in [-0.15, -0.1) is 0 Å². The van der Waals surface area contributed by atoms with Crippen molar-refractivity contribution in [3.05, 3.63) is 78.1 Å². The fraction of sp³-hybridized carbons (Fsp3) is 0.394. The summed E-state index contributed by atoms with van der Waals surface area (Å²) < 4.78 is 2.16. The molecule has 3 aromatic heterocycles. The first-order valence-corrected chi connectivity index (χ1v) is 14.8. The van der Waals surface area contributed by atoms with Gasteiger partial charge in [0.1, 0.15) is 11.3 Å². The van der Waals surface area contributed by atoms with Gasteiger partial charge in [-0.25, -0.2) is 15.0 Å². The molecule has 1 saturated carbocycles. The van der Waals surface area contributed by atoms with Gasteiger partial charge in [0.15, 0.2) is 11.5 Å². The monoisotopic (exact) mass is 549 g/mol. The third kappa shape index (κ3) is 5.48. The molecule has 0 spiro atoms. The average molecular weight is 550 g/mol. The van der Waals surface area contributed by atoms with Crippen molar-refractivity contribution < 1.29 is 4.79 Å². The van der Waals surface area contributed by atoms with E-state index in [1.54, 1.807) is 6.20 Å². The molecule has 4 heterocycles. The van der Waals surface area contributed by atoms with Crippen molar-refractivity contribution >= 4 is 22.9 Å². The molecule has 3 aliphatic rings. The molecular weight excluding hydrogens is 510 g/mol. The maximum absolute atomic E-state index is 11.3. The first-order chi connectivity index (χ1) is 20.0. The molecule has 2 unspecified atom stereocenters. The smallest absolute Gasteiger partial charge is 0.245 e. The number of benzene rings is 1. The molecule has 1 aliphatic heterocycles. The molecule has 212 valence electrons.